The predicted molar refractivity (Wildman–Crippen MR) is 85.2 cm³/mol. The molecular weight excluding hydrogens is 329 g/mol. The molecule has 0 fully saturated rings. The number of phenols is 1. The predicted octanol–water partition coefficient (Wildman–Crippen LogP) is 4.35. The quantitative estimate of drug-likeness (QED) is 0.640. The van der Waals surface area contributed by atoms with Crippen LogP contribution in [0, 0.1) is 10.1 Å². The van der Waals surface area contributed by atoms with Gasteiger partial charge in [-0.2, -0.15) is 0 Å². The smallest absolute Gasteiger partial charge is 0.310 e. The van der Waals surface area contributed by atoms with Crippen LogP contribution in [0.4, 0.5) is 5.69 Å². The van der Waals surface area contributed by atoms with Gasteiger partial charge < -0.3 is 10.2 Å². The van der Waals surface area contributed by atoms with Gasteiger partial charge in [-0.25, -0.2) is 0 Å². The average molecular weight is 340 g/mol. The summed E-state index contributed by atoms with van der Waals surface area (Å²) in [6.07, 6.45) is 2.09. The third kappa shape index (κ3) is 3.76. The number of rotatable bonds is 4. The molecule has 7 heteroatoms. The van der Waals surface area contributed by atoms with Crippen LogP contribution in [-0.2, 0) is 0 Å². The molecule has 0 bridgehead atoms. The first-order valence-electron chi connectivity index (χ1n) is 6.17. The number of hydrogen-bond donors (Lipinski definition) is 2. The minimum absolute atomic E-state index is 0.333. The van der Waals surface area contributed by atoms with Gasteiger partial charge >= 0.3 is 5.69 Å². The molecule has 22 heavy (non-hydrogen) atoms. The van der Waals surface area contributed by atoms with Crippen molar-refractivity contribution in [2.24, 2.45) is 0 Å². The van der Waals surface area contributed by atoms with Gasteiger partial charge in [0.1, 0.15) is 0 Å². The van der Waals surface area contributed by atoms with Gasteiger partial charge in [-0.3, -0.25) is 10.1 Å². The fourth-order valence-corrected chi connectivity index (χ4v) is 2.11. The van der Waals surface area contributed by atoms with Crippen LogP contribution in [-0.4, -0.2) is 15.1 Å². The molecule has 1 atom stereocenters. The monoisotopic (exact) mass is 339 g/mol. The molecule has 114 valence electrons. The molecule has 0 amide bonds. The Balaban J connectivity index is 2.18. The van der Waals surface area contributed by atoms with Crippen LogP contribution in [0.1, 0.15) is 17.2 Å². The lowest BCUT2D eigenvalue weighted by atomic mass is 10.1. The number of nitro groups is 1. The van der Waals surface area contributed by atoms with Crippen molar-refractivity contribution < 1.29 is 15.1 Å². The van der Waals surface area contributed by atoms with E-state index in [1.165, 1.54) is 30.4 Å². The Bertz CT molecular complexity index is 746. The van der Waals surface area contributed by atoms with Crippen molar-refractivity contribution in [2.75, 3.05) is 0 Å². The first-order valence-corrected chi connectivity index (χ1v) is 6.92. The molecule has 2 rings (SSSR count). The maximum absolute atomic E-state index is 10.6. The van der Waals surface area contributed by atoms with Crippen molar-refractivity contribution >= 4 is 35.0 Å². The first kappa shape index (κ1) is 16.3. The Kier molecular flexibility index (Phi) is 5.03. The van der Waals surface area contributed by atoms with Crippen molar-refractivity contribution in [3.05, 3.63) is 73.8 Å². The summed E-state index contributed by atoms with van der Waals surface area (Å²) >= 11 is 11.7. The van der Waals surface area contributed by atoms with Gasteiger partial charge in [0.15, 0.2) is 5.75 Å². The summed E-state index contributed by atoms with van der Waals surface area (Å²) in [4.78, 5) is 9.93. The fraction of sp³-hybridized carbons (Fsp3) is 0.0667. The van der Waals surface area contributed by atoms with Crippen LogP contribution >= 0.6 is 23.2 Å². The minimum atomic E-state index is -0.924. The second-order valence-electron chi connectivity index (χ2n) is 4.48. The summed E-state index contributed by atoms with van der Waals surface area (Å²) in [5.41, 5.74) is 0.696. The fourth-order valence-electron chi connectivity index (χ4n) is 1.81. The molecule has 0 saturated heterocycles. The molecule has 0 aliphatic rings. The van der Waals surface area contributed by atoms with E-state index >= 15 is 0 Å². The van der Waals surface area contributed by atoms with Crippen LogP contribution in [0.25, 0.3) is 6.08 Å². The van der Waals surface area contributed by atoms with Gasteiger partial charge in [-0.15, -0.1) is 0 Å². The molecule has 0 radical (unpaired) electrons. The summed E-state index contributed by atoms with van der Waals surface area (Å²) < 4.78 is 0. The van der Waals surface area contributed by atoms with Gasteiger partial charge in [-0.1, -0.05) is 41.4 Å². The van der Waals surface area contributed by atoms with E-state index in [2.05, 4.69) is 0 Å². The first-order chi connectivity index (χ1) is 10.4. The summed E-state index contributed by atoms with van der Waals surface area (Å²) in [5, 5.41) is 30.9. The van der Waals surface area contributed by atoms with Crippen molar-refractivity contribution in [1.82, 2.24) is 0 Å². The maximum atomic E-state index is 10.6. The number of nitro benzene ring substituents is 1. The Morgan fingerprint density at radius 2 is 1.86 bits per heavy atom. The maximum Gasteiger partial charge on any atom is 0.310 e. The van der Waals surface area contributed by atoms with Gasteiger partial charge in [0.25, 0.3) is 0 Å². The number of phenolic OH excluding ortho intramolecular Hbond substituents is 1. The molecule has 2 N–H and O–H groups in total. The molecule has 0 spiro atoms. The standard InChI is InChI=1S/C15H11Cl2NO4/c16-11-4-3-10(8-12(11)17)14(19)6-2-9-1-5-13(18(21)22)15(20)7-9/h1-8,14,19-20H. The van der Waals surface area contributed by atoms with E-state index in [9.17, 15) is 20.3 Å². The van der Waals surface area contributed by atoms with E-state index < -0.39 is 16.8 Å². The van der Waals surface area contributed by atoms with Gasteiger partial charge in [0.2, 0.25) is 0 Å². The van der Waals surface area contributed by atoms with Crippen LogP contribution < -0.4 is 0 Å². The Morgan fingerprint density at radius 1 is 1.14 bits per heavy atom. The lowest BCUT2D eigenvalue weighted by Crippen LogP contribution is -1.93. The highest BCUT2D eigenvalue weighted by Gasteiger charge is 2.12. The number of aliphatic hydroxyl groups is 1. The highest BCUT2D eigenvalue weighted by Crippen LogP contribution is 2.28. The second kappa shape index (κ2) is 6.79. The molecule has 5 nitrogen and oxygen atoms in total. The third-order valence-corrected chi connectivity index (χ3v) is 3.69. The van der Waals surface area contributed by atoms with E-state index in [0.29, 0.717) is 21.2 Å². The van der Waals surface area contributed by atoms with Crippen LogP contribution in [0.5, 0.6) is 5.75 Å². The number of hydrogen-bond acceptors (Lipinski definition) is 4. The molecule has 2 aromatic rings. The highest BCUT2D eigenvalue weighted by molar-refractivity contribution is 6.42. The Hall–Kier alpha value is -2.08. The van der Waals surface area contributed by atoms with Crippen LogP contribution in [0.3, 0.4) is 0 Å². The molecular formula is C15H11Cl2NO4. The molecule has 0 aliphatic carbocycles. The van der Waals surface area contributed by atoms with Crippen molar-refractivity contribution in [1.29, 1.82) is 0 Å². The lowest BCUT2D eigenvalue weighted by molar-refractivity contribution is -0.385. The Labute approximate surface area is 136 Å². The van der Waals surface area contributed by atoms with Crippen LogP contribution in [0.15, 0.2) is 42.5 Å². The molecule has 1 unspecified atom stereocenters. The van der Waals surface area contributed by atoms with Crippen molar-refractivity contribution in [2.45, 2.75) is 6.10 Å². The minimum Gasteiger partial charge on any atom is -0.502 e. The molecule has 0 aliphatic heterocycles. The molecule has 0 heterocycles. The number of aliphatic hydroxyl groups excluding tert-OH is 1. The molecule has 2 aromatic carbocycles. The Morgan fingerprint density at radius 3 is 2.45 bits per heavy atom. The van der Waals surface area contributed by atoms with Crippen molar-refractivity contribution in [3.8, 4) is 5.75 Å². The number of aromatic hydroxyl groups is 1. The zero-order valence-electron chi connectivity index (χ0n) is 11.1. The second-order valence-corrected chi connectivity index (χ2v) is 5.30. The van der Waals surface area contributed by atoms with E-state index in [0.717, 1.165) is 0 Å². The van der Waals surface area contributed by atoms with Crippen LogP contribution in [0.2, 0.25) is 10.0 Å². The average Bonchev–Trinajstić information content (AvgIpc) is 2.47. The summed E-state index contributed by atoms with van der Waals surface area (Å²) in [6.45, 7) is 0. The normalized spacial score (nSPS) is 12.5. The largest absolute Gasteiger partial charge is 0.502 e. The van der Waals surface area contributed by atoms with Gasteiger partial charge in [0, 0.05) is 6.07 Å². The van der Waals surface area contributed by atoms with E-state index in [1.54, 1.807) is 18.2 Å². The summed E-state index contributed by atoms with van der Waals surface area (Å²) in [7, 11) is 0. The zero-order chi connectivity index (χ0) is 16.3. The lowest BCUT2D eigenvalue weighted by Gasteiger charge is -2.07. The number of benzene rings is 2. The van der Waals surface area contributed by atoms with E-state index in [4.69, 9.17) is 23.2 Å². The van der Waals surface area contributed by atoms with Gasteiger partial charge in [0.05, 0.1) is 21.1 Å². The summed E-state index contributed by atoms with van der Waals surface area (Å²) in [5.74, 6) is -0.434. The van der Waals surface area contributed by atoms with E-state index in [-0.39, 0.29) is 5.69 Å². The molecule has 0 saturated carbocycles. The van der Waals surface area contributed by atoms with E-state index in [1.807, 2.05) is 0 Å². The zero-order valence-corrected chi connectivity index (χ0v) is 12.6. The number of halogens is 2. The van der Waals surface area contributed by atoms with Gasteiger partial charge in [-0.05, 0) is 35.4 Å². The SMILES string of the molecule is O=[N+]([O-])c1ccc(C=CC(O)c2ccc(Cl)c(Cl)c2)cc1O. The summed E-state index contributed by atoms with van der Waals surface area (Å²) in [6, 6.07) is 8.67. The van der Waals surface area contributed by atoms with Crippen molar-refractivity contribution in [3.63, 3.8) is 0 Å². The molecule has 0 aromatic heterocycles. The highest BCUT2D eigenvalue weighted by atomic mass is 35.5. The third-order valence-electron chi connectivity index (χ3n) is 2.95. The topological polar surface area (TPSA) is 83.6 Å². The number of nitrogens with zero attached hydrogens (tertiary/aromatic N) is 1.